The molecule has 1 amide bonds. The fraction of sp³-hybridized carbons (Fsp3) is 0.526. The zero-order valence-corrected chi connectivity index (χ0v) is 15.3. The Kier molecular flexibility index (Phi) is 6.59. The fourth-order valence-corrected chi connectivity index (χ4v) is 3.71. The van der Waals surface area contributed by atoms with Crippen LogP contribution in [-0.4, -0.2) is 33.7 Å². The van der Waals surface area contributed by atoms with Gasteiger partial charge in [-0.1, -0.05) is 37.6 Å². The number of carboxylic acids is 1. The molecular formula is C19H24ClNO4. The Morgan fingerprint density at radius 1 is 1.24 bits per heavy atom. The monoisotopic (exact) mass is 365 g/mol. The van der Waals surface area contributed by atoms with Crippen molar-refractivity contribution in [3.05, 3.63) is 34.9 Å². The van der Waals surface area contributed by atoms with Gasteiger partial charge in [-0.25, -0.2) is 0 Å². The second kappa shape index (κ2) is 8.48. The number of Topliss-reactive ketones (excluding diaryl/α,β-unsaturated/α-hetero) is 1. The number of carbonyl (C=O) groups is 3. The molecule has 1 fully saturated rings. The Bertz CT molecular complexity index is 643. The van der Waals surface area contributed by atoms with Crippen LogP contribution in [-0.2, 0) is 14.4 Å². The van der Waals surface area contributed by atoms with Gasteiger partial charge in [-0.2, -0.15) is 0 Å². The number of halogens is 1. The number of likely N-dealkylation sites (tertiary alicyclic amines) is 1. The van der Waals surface area contributed by atoms with Crippen LogP contribution in [0, 0.1) is 5.92 Å². The maximum absolute atomic E-state index is 13.0. The number of hydrogen-bond donors (Lipinski definition) is 1. The van der Waals surface area contributed by atoms with Gasteiger partial charge in [-0.3, -0.25) is 14.4 Å². The van der Waals surface area contributed by atoms with Crippen molar-refractivity contribution >= 4 is 29.3 Å². The summed E-state index contributed by atoms with van der Waals surface area (Å²) < 4.78 is 0. The highest BCUT2D eigenvalue weighted by Crippen LogP contribution is 2.38. The normalized spacial score (nSPS) is 21.9. The SMILES string of the molecule is CCC(=O)C(CC)N1C(=O)C(CC(=O)O)CCC1c1ccc(Cl)cc1. The van der Waals surface area contributed by atoms with Crippen molar-refractivity contribution in [2.45, 2.75) is 58.0 Å². The average Bonchev–Trinajstić information content (AvgIpc) is 2.59. The Hall–Kier alpha value is -1.88. The number of aliphatic carboxylic acids is 1. The molecule has 25 heavy (non-hydrogen) atoms. The Morgan fingerprint density at radius 2 is 1.88 bits per heavy atom. The maximum atomic E-state index is 13.0. The lowest BCUT2D eigenvalue weighted by molar-refractivity contribution is -0.154. The number of nitrogens with zero attached hydrogens (tertiary/aromatic N) is 1. The molecule has 0 saturated carbocycles. The minimum atomic E-state index is -0.988. The summed E-state index contributed by atoms with van der Waals surface area (Å²) in [5, 5.41) is 9.69. The highest BCUT2D eigenvalue weighted by atomic mass is 35.5. The van der Waals surface area contributed by atoms with Crippen molar-refractivity contribution in [1.29, 1.82) is 0 Å². The van der Waals surface area contributed by atoms with Crippen molar-refractivity contribution in [3.8, 4) is 0 Å². The molecule has 5 nitrogen and oxygen atoms in total. The summed E-state index contributed by atoms with van der Waals surface area (Å²) in [5.41, 5.74) is 0.925. The number of carbonyl (C=O) groups excluding carboxylic acids is 2. The molecule has 1 aliphatic heterocycles. The first-order chi connectivity index (χ1) is 11.9. The fourth-order valence-electron chi connectivity index (χ4n) is 3.58. The number of benzene rings is 1. The van der Waals surface area contributed by atoms with Gasteiger partial charge in [-0.15, -0.1) is 0 Å². The van der Waals surface area contributed by atoms with Crippen LogP contribution in [0.25, 0.3) is 0 Å². The Morgan fingerprint density at radius 3 is 2.40 bits per heavy atom. The summed E-state index contributed by atoms with van der Waals surface area (Å²) >= 11 is 5.96. The van der Waals surface area contributed by atoms with Crippen LogP contribution in [0.1, 0.15) is 57.6 Å². The van der Waals surface area contributed by atoms with E-state index in [9.17, 15) is 14.4 Å². The van der Waals surface area contributed by atoms with E-state index in [1.54, 1.807) is 24.0 Å². The molecule has 1 N–H and O–H groups in total. The van der Waals surface area contributed by atoms with Crippen molar-refractivity contribution < 1.29 is 19.5 Å². The van der Waals surface area contributed by atoms with Gasteiger partial charge in [0.1, 0.15) is 0 Å². The van der Waals surface area contributed by atoms with Gasteiger partial charge < -0.3 is 10.0 Å². The number of amides is 1. The summed E-state index contributed by atoms with van der Waals surface area (Å²) in [6.45, 7) is 3.66. The minimum absolute atomic E-state index is 0.00536. The van der Waals surface area contributed by atoms with Gasteiger partial charge in [0.25, 0.3) is 0 Å². The van der Waals surface area contributed by atoms with Crippen molar-refractivity contribution in [3.63, 3.8) is 0 Å². The highest BCUT2D eigenvalue weighted by molar-refractivity contribution is 6.30. The summed E-state index contributed by atoms with van der Waals surface area (Å²) in [5.74, 6) is -1.79. The third kappa shape index (κ3) is 4.40. The van der Waals surface area contributed by atoms with Crippen molar-refractivity contribution in [2.24, 2.45) is 5.92 Å². The van der Waals surface area contributed by atoms with Crippen molar-refractivity contribution in [2.75, 3.05) is 0 Å². The predicted octanol–water partition coefficient (Wildman–Crippen LogP) is 3.85. The maximum Gasteiger partial charge on any atom is 0.304 e. The quantitative estimate of drug-likeness (QED) is 0.796. The lowest BCUT2D eigenvalue weighted by Gasteiger charge is -2.43. The third-order valence-electron chi connectivity index (χ3n) is 4.85. The Labute approximate surface area is 153 Å². The molecule has 3 atom stereocenters. The Balaban J connectivity index is 2.39. The van der Waals surface area contributed by atoms with Crippen LogP contribution in [0.5, 0.6) is 0 Å². The largest absolute Gasteiger partial charge is 0.481 e. The molecule has 1 heterocycles. The molecule has 3 unspecified atom stereocenters. The second-order valence-corrected chi connectivity index (χ2v) is 6.87. The molecule has 6 heteroatoms. The van der Waals surface area contributed by atoms with E-state index in [0.717, 1.165) is 5.56 Å². The highest BCUT2D eigenvalue weighted by Gasteiger charge is 2.41. The number of carboxylic acid groups (broad SMARTS) is 1. The standard InChI is InChI=1S/C19H24ClNO4/c1-3-15(17(22)4-2)21-16(12-5-8-14(20)9-6-12)10-7-13(19(21)25)11-18(23)24/h5-6,8-9,13,15-16H,3-4,7,10-11H2,1-2H3,(H,23,24). The smallest absolute Gasteiger partial charge is 0.304 e. The molecule has 1 aliphatic rings. The van der Waals surface area contributed by atoms with Crippen molar-refractivity contribution in [1.82, 2.24) is 4.90 Å². The van der Waals surface area contributed by atoms with Gasteiger partial charge in [-0.05, 0) is 37.0 Å². The zero-order chi connectivity index (χ0) is 18.6. The molecule has 0 spiro atoms. The number of rotatable bonds is 7. The lowest BCUT2D eigenvalue weighted by Crippen LogP contribution is -2.52. The van der Waals surface area contributed by atoms with Crippen LogP contribution >= 0.6 is 11.6 Å². The first-order valence-corrected chi connectivity index (χ1v) is 9.08. The van der Waals surface area contributed by atoms with Crippen LogP contribution in [0.3, 0.4) is 0 Å². The van der Waals surface area contributed by atoms with E-state index in [-0.39, 0.29) is 24.2 Å². The minimum Gasteiger partial charge on any atom is -0.481 e. The molecule has 0 aliphatic carbocycles. The molecular weight excluding hydrogens is 342 g/mol. The van der Waals surface area contributed by atoms with E-state index >= 15 is 0 Å². The van der Waals surface area contributed by atoms with E-state index in [2.05, 4.69) is 0 Å². The average molecular weight is 366 g/mol. The van der Waals surface area contributed by atoms with Crippen LogP contribution in [0.2, 0.25) is 5.02 Å². The molecule has 136 valence electrons. The summed E-state index contributed by atoms with van der Waals surface area (Å²) in [6.07, 6.45) is 1.81. The number of ketones is 1. The topological polar surface area (TPSA) is 74.7 Å². The molecule has 1 aromatic rings. The van der Waals surface area contributed by atoms with E-state index in [1.807, 2.05) is 19.1 Å². The molecule has 1 saturated heterocycles. The van der Waals surface area contributed by atoms with Gasteiger partial charge in [0.05, 0.1) is 18.5 Å². The summed E-state index contributed by atoms with van der Waals surface area (Å²) in [6, 6.07) is 6.53. The lowest BCUT2D eigenvalue weighted by atomic mass is 9.84. The van der Waals surface area contributed by atoms with E-state index in [4.69, 9.17) is 16.7 Å². The number of piperidine rings is 1. The molecule has 0 aromatic heterocycles. The molecule has 0 bridgehead atoms. The molecule has 2 rings (SSSR count). The first kappa shape index (κ1) is 19.4. The van der Waals surface area contributed by atoms with Crippen LogP contribution in [0.4, 0.5) is 0 Å². The van der Waals surface area contributed by atoms with E-state index in [0.29, 0.717) is 30.7 Å². The van der Waals surface area contributed by atoms with Gasteiger partial charge in [0, 0.05) is 17.4 Å². The first-order valence-electron chi connectivity index (χ1n) is 8.71. The summed E-state index contributed by atoms with van der Waals surface area (Å²) in [4.78, 5) is 38.2. The van der Waals surface area contributed by atoms with E-state index in [1.165, 1.54) is 0 Å². The van der Waals surface area contributed by atoms with Crippen LogP contribution < -0.4 is 0 Å². The predicted molar refractivity (Wildman–Crippen MR) is 95.4 cm³/mol. The van der Waals surface area contributed by atoms with Gasteiger partial charge in [0.15, 0.2) is 5.78 Å². The molecule has 1 aromatic carbocycles. The van der Waals surface area contributed by atoms with Gasteiger partial charge >= 0.3 is 5.97 Å². The number of hydrogen-bond acceptors (Lipinski definition) is 3. The van der Waals surface area contributed by atoms with Gasteiger partial charge in [0.2, 0.25) is 5.91 Å². The summed E-state index contributed by atoms with van der Waals surface area (Å²) in [7, 11) is 0. The third-order valence-corrected chi connectivity index (χ3v) is 5.10. The van der Waals surface area contributed by atoms with Crippen LogP contribution in [0.15, 0.2) is 24.3 Å². The zero-order valence-electron chi connectivity index (χ0n) is 14.6. The molecule has 0 radical (unpaired) electrons. The van der Waals surface area contributed by atoms with E-state index < -0.39 is 17.9 Å². The second-order valence-electron chi connectivity index (χ2n) is 6.43.